The fourth-order valence-corrected chi connectivity index (χ4v) is 4.06. The molecular formula is C18H31N3O3. The molecule has 3 fully saturated rings. The lowest BCUT2D eigenvalue weighted by Crippen LogP contribution is -2.53. The number of likely N-dealkylation sites (tertiary alicyclic amines) is 2. The van der Waals surface area contributed by atoms with E-state index < -0.39 is 0 Å². The monoisotopic (exact) mass is 337 g/mol. The van der Waals surface area contributed by atoms with Crippen LogP contribution in [0, 0.1) is 0 Å². The van der Waals surface area contributed by atoms with E-state index >= 15 is 0 Å². The normalized spacial score (nSPS) is 27.2. The minimum atomic E-state index is 0.142. The average molecular weight is 337 g/mol. The van der Waals surface area contributed by atoms with Crippen LogP contribution in [0.4, 0.5) is 0 Å². The van der Waals surface area contributed by atoms with Crippen LogP contribution < -0.4 is 0 Å². The summed E-state index contributed by atoms with van der Waals surface area (Å²) in [5, 5.41) is 0. The summed E-state index contributed by atoms with van der Waals surface area (Å²) in [6.07, 6.45) is 7.05. The van der Waals surface area contributed by atoms with Crippen LogP contribution in [0.2, 0.25) is 0 Å². The summed E-state index contributed by atoms with van der Waals surface area (Å²) >= 11 is 0. The number of morpholine rings is 1. The standard InChI is InChI=1S/C18H31N3O3/c22-17-7-2-1-4-8-20(17)15-18(23)21-9-5-3-6-16(21)14-19-10-12-24-13-11-19/h16H,1-15H2/t16-/m0/s1. The van der Waals surface area contributed by atoms with Crippen molar-refractivity contribution in [1.82, 2.24) is 14.7 Å². The topological polar surface area (TPSA) is 53.1 Å². The molecule has 0 spiro atoms. The lowest BCUT2D eigenvalue weighted by Gasteiger charge is -2.40. The van der Waals surface area contributed by atoms with Crippen molar-refractivity contribution in [2.75, 3.05) is 52.5 Å². The van der Waals surface area contributed by atoms with E-state index in [4.69, 9.17) is 4.74 Å². The fraction of sp³-hybridized carbons (Fsp3) is 0.889. The number of rotatable bonds is 4. The maximum Gasteiger partial charge on any atom is 0.242 e. The third-order valence-electron chi connectivity index (χ3n) is 5.52. The number of hydrogen-bond acceptors (Lipinski definition) is 4. The van der Waals surface area contributed by atoms with E-state index in [0.29, 0.717) is 12.5 Å². The van der Waals surface area contributed by atoms with E-state index in [1.165, 1.54) is 6.42 Å². The molecule has 3 heterocycles. The molecule has 6 nitrogen and oxygen atoms in total. The summed E-state index contributed by atoms with van der Waals surface area (Å²) in [6, 6.07) is 0.298. The zero-order valence-corrected chi connectivity index (χ0v) is 14.8. The molecule has 6 heteroatoms. The maximum absolute atomic E-state index is 12.9. The Kier molecular flexibility index (Phi) is 6.49. The molecule has 24 heavy (non-hydrogen) atoms. The van der Waals surface area contributed by atoms with Gasteiger partial charge in [-0.15, -0.1) is 0 Å². The molecule has 0 aromatic heterocycles. The zero-order chi connectivity index (χ0) is 16.8. The van der Waals surface area contributed by atoms with Gasteiger partial charge < -0.3 is 14.5 Å². The van der Waals surface area contributed by atoms with Crippen molar-refractivity contribution >= 4 is 11.8 Å². The van der Waals surface area contributed by atoms with Crippen LogP contribution in [0.25, 0.3) is 0 Å². The van der Waals surface area contributed by atoms with Crippen LogP contribution in [0.3, 0.4) is 0 Å². The van der Waals surface area contributed by atoms with Crippen molar-refractivity contribution in [1.29, 1.82) is 0 Å². The molecule has 3 saturated heterocycles. The van der Waals surface area contributed by atoms with Gasteiger partial charge in [-0.2, -0.15) is 0 Å². The number of ether oxygens (including phenoxy) is 1. The van der Waals surface area contributed by atoms with E-state index in [-0.39, 0.29) is 18.4 Å². The van der Waals surface area contributed by atoms with Gasteiger partial charge in [0.2, 0.25) is 11.8 Å². The second-order valence-electron chi connectivity index (χ2n) is 7.28. The Hall–Kier alpha value is -1.14. The van der Waals surface area contributed by atoms with E-state index in [2.05, 4.69) is 9.80 Å². The lowest BCUT2D eigenvalue weighted by atomic mass is 10.0. The number of carbonyl (C=O) groups is 2. The molecule has 0 bridgehead atoms. The molecule has 2 amide bonds. The Bertz CT molecular complexity index is 437. The Morgan fingerprint density at radius 2 is 1.79 bits per heavy atom. The van der Waals surface area contributed by atoms with Gasteiger partial charge in [0.25, 0.3) is 0 Å². The zero-order valence-electron chi connectivity index (χ0n) is 14.8. The molecule has 136 valence electrons. The van der Waals surface area contributed by atoms with Crippen LogP contribution in [0.15, 0.2) is 0 Å². The molecule has 0 radical (unpaired) electrons. The van der Waals surface area contributed by atoms with Crippen molar-refractivity contribution in [3.63, 3.8) is 0 Å². The van der Waals surface area contributed by atoms with Crippen LogP contribution >= 0.6 is 0 Å². The summed E-state index contributed by atoms with van der Waals surface area (Å²) in [5.41, 5.74) is 0. The van der Waals surface area contributed by atoms with Gasteiger partial charge in [-0.25, -0.2) is 0 Å². The Labute approximate surface area is 145 Å². The van der Waals surface area contributed by atoms with Crippen LogP contribution in [-0.4, -0.2) is 85.0 Å². The molecule has 0 aromatic carbocycles. The highest BCUT2D eigenvalue weighted by atomic mass is 16.5. The second kappa shape index (κ2) is 8.81. The van der Waals surface area contributed by atoms with Crippen molar-refractivity contribution in [2.45, 2.75) is 51.0 Å². The SMILES string of the molecule is O=C1CCCCCN1CC(=O)N1CCCC[C@H]1CN1CCOCC1. The van der Waals surface area contributed by atoms with Crippen molar-refractivity contribution in [3.8, 4) is 0 Å². The first-order chi connectivity index (χ1) is 11.7. The fourth-order valence-electron chi connectivity index (χ4n) is 4.06. The molecular weight excluding hydrogens is 306 g/mol. The molecule has 3 rings (SSSR count). The number of hydrogen-bond donors (Lipinski definition) is 0. The van der Waals surface area contributed by atoms with Gasteiger partial charge in [0.15, 0.2) is 0 Å². The summed E-state index contributed by atoms with van der Waals surface area (Å²) < 4.78 is 5.42. The largest absolute Gasteiger partial charge is 0.379 e. The predicted octanol–water partition coefficient (Wildman–Crippen LogP) is 1.10. The molecule has 1 atom stereocenters. The average Bonchev–Trinajstić information content (AvgIpc) is 2.81. The predicted molar refractivity (Wildman–Crippen MR) is 91.7 cm³/mol. The summed E-state index contributed by atoms with van der Waals surface area (Å²) in [4.78, 5) is 31.3. The molecule has 0 unspecified atom stereocenters. The molecule has 0 saturated carbocycles. The molecule has 3 aliphatic heterocycles. The lowest BCUT2D eigenvalue weighted by molar-refractivity contribution is -0.143. The molecule has 0 aromatic rings. The third kappa shape index (κ3) is 4.70. The highest BCUT2D eigenvalue weighted by Crippen LogP contribution is 2.20. The highest BCUT2D eigenvalue weighted by Gasteiger charge is 2.30. The van der Waals surface area contributed by atoms with Crippen LogP contribution in [0.1, 0.15) is 44.9 Å². The van der Waals surface area contributed by atoms with Gasteiger partial charge in [-0.3, -0.25) is 14.5 Å². The third-order valence-corrected chi connectivity index (χ3v) is 5.52. The number of amides is 2. The van der Waals surface area contributed by atoms with Crippen molar-refractivity contribution < 1.29 is 14.3 Å². The first-order valence-electron chi connectivity index (χ1n) is 9.61. The minimum absolute atomic E-state index is 0.142. The number of piperidine rings is 1. The molecule has 0 aliphatic carbocycles. The first kappa shape index (κ1) is 17.7. The Morgan fingerprint density at radius 3 is 2.62 bits per heavy atom. The van der Waals surface area contributed by atoms with Crippen molar-refractivity contribution in [3.05, 3.63) is 0 Å². The van der Waals surface area contributed by atoms with Gasteiger partial charge in [-0.1, -0.05) is 6.42 Å². The maximum atomic E-state index is 12.9. The van der Waals surface area contributed by atoms with E-state index in [1.807, 2.05) is 0 Å². The highest BCUT2D eigenvalue weighted by molar-refractivity contribution is 5.85. The smallest absolute Gasteiger partial charge is 0.242 e. The molecule has 0 N–H and O–H groups in total. The van der Waals surface area contributed by atoms with E-state index in [9.17, 15) is 9.59 Å². The summed E-state index contributed by atoms with van der Waals surface area (Å²) in [6.45, 7) is 6.32. The van der Waals surface area contributed by atoms with Gasteiger partial charge in [-0.05, 0) is 32.1 Å². The van der Waals surface area contributed by atoms with Crippen LogP contribution in [0.5, 0.6) is 0 Å². The molecule has 3 aliphatic rings. The summed E-state index contributed by atoms with van der Waals surface area (Å²) in [5.74, 6) is 0.297. The van der Waals surface area contributed by atoms with Crippen LogP contribution in [-0.2, 0) is 14.3 Å². The Morgan fingerprint density at radius 1 is 1.00 bits per heavy atom. The number of nitrogens with zero attached hydrogens (tertiary/aromatic N) is 3. The van der Waals surface area contributed by atoms with E-state index in [0.717, 1.165) is 78.0 Å². The van der Waals surface area contributed by atoms with Gasteiger partial charge in [0.05, 0.1) is 19.8 Å². The van der Waals surface area contributed by atoms with E-state index in [1.54, 1.807) is 4.90 Å². The first-order valence-corrected chi connectivity index (χ1v) is 9.61. The minimum Gasteiger partial charge on any atom is -0.379 e. The second-order valence-corrected chi connectivity index (χ2v) is 7.28. The van der Waals surface area contributed by atoms with Gasteiger partial charge in [0, 0.05) is 45.2 Å². The Balaban J connectivity index is 1.56. The number of carbonyl (C=O) groups excluding carboxylic acids is 2. The quantitative estimate of drug-likeness (QED) is 0.771. The van der Waals surface area contributed by atoms with Gasteiger partial charge >= 0.3 is 0 Å². The van der Waals surface area contributed by atoms with Crippen molar-refractivity contribution in [2.24, 2.45) is 0 Å². The summed E-state index contributed by atoms with van der Waals surface area (Å²) in [7, 11) is 0. The van der Waals surface area contributed by atoms with Gasteiger partial charge in [0.1, 0.15) is 0 Å².